The third-order valence-electron chi connectivity index (χ3n) is 2.60. The molecule has 0 radical (unpaired) electrons. The van der Waals surface area contributed by atoms with Gasteiger partial charge in [0.1, 0.15) is 0 Å². The largest absolute Gasteiger partial charge is 0.355 e. The van der Waals surface area contributed by atoms with Crippen LogP contribution >= 0.6 is 0 Å². The highest BCUT2D eigenvalue weighted by Crippen LogP contribution is 2.12. The van der Waals surface area contributed by atoms with Crippen LogP contribution in [0.25, 0.3) is 0 Å². The van der Waals surface area contributed by atoms with Gasteiger partial charge < -0.3 is 10.6 Å². The fourth-order valence-corrected chi connectivity index (χ4v) is 1.64. The summed E-state index contributed by atoms with van der Waals surface area (Å²) in [5.74, 6) is 0.920. The molecule has 0 aromatic heterocycles. The molecule has 0 saturated carbocycles. The molecule has 0 bridgehead atoms. The first-order chi connectivity index (χ1) is 7.25. The number of aliphatic imine (C=N–C) groups is 1. The number of nitrogens with zero attached hydrogens (tertiary/aromatic N) is 1. The Labute approximate surface area is 90.6 Å². The van der Waals surface area contributed by atoms with Crippen LogP contribution in [-0.2, 0) is 0 Å². The number of aryl methyl sites for hydroxylation is 1. The SMILES string of the molecule is Cc1ccc([C@H](C)NC2=NCCN2)cc1. The second kappa shape index (κ2) is 4.34. The van der Waals surface area contributed by atoms with Crippen molar-refractivity contribution in [3.05, 3.63) is 35.4 Å². The van der Waals surface area contributed by atoms with E-state index in [9.17, 15) is 0 Å². The Bertz CT molecular complexity index is 354. The topological polar surface area (TPSA) is 36.4 Å². The molecule has 1 heterocycles. The minimum atomic E-state index is 0.301. The molecule has 0 saturated heterocycles. The number of hydrogen-bond donors (Lipinski definition) is 2. The third-order valence-corrected chi connectivity index (χ3v) is 2.60. The Morgan fingerprint density at radius 2 is 2.07 bits per heavy atom. The molecule has 3 nitrogen and oxygen atoms in total. The normalized spacial score (nSPS) is 16.8. The van der Waals surface area contributed by atoms with Gasteiger partial charge >= 0.3 is 0 Å². The van der Waals surface area contributed by atoms with Gasteiger partial charge in [-0.25, -0.2) is 0 Å². The first-order valence-electron chi connectivity index (χ1n) is 5.37. The standard InChI is InChI=1S/C12H17N3/c1-9-3-5-11(6-4-9)10(2)15-12-13-7-8-14-12/h3-6,10H,7-8H2,1-2H3,(H2,13,14,15)/t10-/m0/s1. The fourth-order valence-electron chi connectivity index (χ4n) is 1.64. The van der Waals surface area contributed by atoms with Gasteiger partial charge in [0, 0.05) is 6.54 Å². The third kappa shape index (κ3) is 2.49. The molecule has 3 heteroatoms. The van der Waals surface area contributed by atoms with Crippen LogP contribution in [0, 0.1) is 6.92 Å². The first-order valence-corrected chi connectivity index (χ1v) is 5.37. The molecule has 1 aliphatic rings. The minimum absolute atomic E-state index is 0.301. The lowest BCUT2D eigenvalue weighted by Crippen LogP contribution is -2.35. The van der Waals surface area contributed by atoms with E-state index in [0.29, 0.717) is 6.04 Å². The highest BCUT2D eigenvalue weighted by atomic mass is 15.2. The van der Waals surface area contributed by atoms with E-state index in [1.165, 1.54) is 11.1 Å². The van der Waals surface area contributed by atoms with E-state index in [-0.39, 0.29) is 0 Å². The van der Waals surface area contributed by atoms with Crippen LogP contribution in [0.2, 0.25) is 0 Å². The van der Waals surface area contributed by atoms with Crippen LogP contribution < -0.4 is 10.6 Å². The van der Waals surface area contributed by atoms with Crippen molar-refractivity contribution in [2.75, 3.05) is 13.1 Å². The molecule has 1 aliphatic heterocycles. The molecule has 0 spiro atoms. The number of nitrogens with one attached hydrogen (secondary N) is 2. The maximum absolute atomic E-state index is 4.31. The van der Waals surface area contributed by atoms with E-state index in [0.717, 1.165) is 19.0 Å². The Hall–Kier alpha value is -1.51. The van der Waals surface area contributed by atoms with Crippen molar-refractivity contribution >= 4 is 5.96 Å². The number of guanidine groups is 1. The summed E-state index contributed by atoms with van der Waals surface area (Å²) in [6.45, 7) is 6.07. The summed E-state index contributed by atoms with van der Waals surface area (Å²) in [6, 6.07) is 8.88. The van der Waals surface area contributed by atoms with Crippen molar-refractivity contribution in [2.45, 2.75) is 19.9 Å². The van der Waals surface area contributed by atoms with Gasteiger partial charge in [0.2, 0.25) is 0 Å². The van der Waals surface area contributed by atoms with E-state index in [4.69, 9.17) is 0 Å². The maximum atomic E-state index is 4.31. The van der Waals surface area contributed by atoms with Crippen molar-refractivity contribution in [1.29, 1.82) is 0 Å². The zero-order valence-corrected chi connectivity index (χ0v) is 9.25. The quantitative estimate of drug-likeness (QED) is 0.766. The smallest absolute Gasteiger partial charge is 0.191 e. The lowest BCUT2D eigenvalue weighted by Gasteiger charge is -2.15. The lowest BCUT2D eigenvalue weighted by atomic mass is 10.1. The summed E-state index contributed by atoms with van der Waals surface area (Å²) in [5.41, 5.74) is 2.58. The molecule has 15 heavy (non-hydrogen) atoms. The van der Waals surface area contributed by atoms with Crippen molar-refractivity contribution in [2.24, 2.45) is 4.99 Å². The molecular weight excluding hydrogens is 186 g/mol. The van der Waals surface area contributed by atoms with Crippen LogP contribution in [0.1, 0.15) is 24.1 Å². The molecular formula is C12H17N3. The summed E-state index contributed by atoms with van der Waals surface area (Å²) < 4.78 is 0. The molecule has 0 unspecified atom stereocenters. The summed E-state index contributed by atoms with van der Waals surface area (Å²) in [4.78, 5) is 4.31. The van der Waals surface area contributed by atoms with Gasteiger partial charge in [0.25, 0.3) is 0 Å². The predicted molar refractivity (Wildman–Crippen MR) is 63.0 cm³/mol. The monoisotopic (exact) mass is 203 g/mol. The summed E-state index contributed by atoms with van der Waals surface area (Å²) in [6.07, 6.45) is 0. The molecule has 0 fully saturated rings. The van der Waals surface area contributed by atoms with Crippen LogP contribution in [0.4, 0.5) is 0 Å². The Morgan fingerprint density at radius 1 is 1.33 bits per heavy atom. The number of benzene rings is 1. The highest BCUT2D eigenvalue weighted by Gasteiger charge is 2.09. The van der Waals surface area contributed by atoms with Gasteiger partial charge in [0.15, 0.2) is 5.96 Å². The zero-order valence-electron chi connectivity index (χ0n) is 9.25. The number of rotatable bonds is 2. The summed E-state index contributed by atoms with van der Waals surface area (Å²) in [7, 11) is 0. The highest BCUT2D eigenvalue weighted by molar-refractivity contribution is 5.81. The van der Waals surface area contributed by atoms with Gasteiger partial charge in [-0.3, -0.25) is 4.99 Å². The van der Waals surface area contributed by atoms with E-state index < -0.39 is 0 Å². The van der Waals surface area contributed by atoms with Gasteiger partial charge in [-0.05, 0) is 19.4 Å². The Balaban J connectivity index is 2.00. The summed E-state index contributed by atoms with van der Waals surface area (Å²) >= 11 is 0. The first kappa shape index (κ1) is 10.0. The molecule has 80 valence electrons. The van der Waals surface area contributed by atoms with Crippen molar-refractivity contribution in [1.82, 2.24) is 10.6 Å². The van der Waals surface area contributed by atoms with E-state index in [2.05, 4.69) is 53.7 Å². The second-order valence-electron chi connectivity index (χ2n) is 3.93. The lowest BCUT2D eigenvalue weighted by molar-refractivity contribution is 0.702. The van der Waals surface area contributed by atoms with Crippen LogP contribution in [0.3, 0.4) is 0 Å². The summed E-state index contributed by atoms with van der Waals surface area (Å²) in [5, 5.41) is 6.56. The van der Waals surface area contributed by atoms with Gasteiger partial charge in [0.05, 0.1) is 12.6 Å². The molecule has 0 amide bonds. The van der Waals surface area contributed by atoms with Gasteiger partial charge in [-0.15, -0.1) is 0 Å². The molecule has 1 aromatic carbocycles. The predicted octanol–water partition coefficient (Wildman–Crippen LogP) is 1.60. The molecule has 2 rings (SSSR count). The Kier molecular flexibility index (Phi) is 2.90. The van der Waals surface area contributed by atoms with Crippen LogP contribution in [0.5, 0.6) is 0 Å². The van der Waals surface area contributed by atoms with E-state index in [1.54, 1.807) is 0 Å². The second-order valence-corrected chi connectivity index (χ2v) is 3.93. The minimum Gasteiger partial charge on any atom is -0.355 e. The van der Waals surface area contributed by atoms with Gasteiger partial charge in [-0.2, -0.15) is 0 Å². The average molecular weight is 203 g/mol. The van der Waals surface area contributed by atoms with Crippen LogP contribution in [-0.4, -0.2) is 19.0 Å². The van der Waals surface area contributed by atoms with Crippen LogP contribution in [0.15, 0.2) is 29.3 Å². The average Bonchev–Trinajstić information content (AvgIpc) is 2.71. The van der Waals surface area contributed by atoms with Gasteiger partial charge in [-0.1, -0.05) is 29.8 Å². The molecule has 1 atom stereocenters. The van der Waals surface area contributed by atoms with Crippen molar-refractivity contribution in [3.8, 4) is 0 Å². The molecule has 2 N–H and O–H groups in total. The van der Waals surface area contributed by atoms with Crippen molar-refractivity contribution < 1.29 is 0 Å². The number of hydrogen-bond acceptors (Lipinski definition) is 3. The Morgan fingerprint density at radius 3 is 2.67 bits per heavy atom. The fraction of sp³-hybridized carbons (Fsp3) is 0.417. The molecule has 1 aromatic rings. The van der Waals surface area contributed by atoms with Crippen molar-refractivity contribution in [3.63, 3.8) is 0 Å². The maximum Gasteiger partial charge on any atom is 0.191 e. The van der Waals surface area contributed by atoms with E-state index in [1.807, 2.05) is 0 Å². The zero-order chi connectivity index (χ0) is 10.7. The molecule has 0 aliphatic carbocycles. The van der Waals surface area contributed by atoms with E-state index >= 15 is 0 Å².